The van der Waals surface area contributed by atoms with Gasteiger partial charge in [0.1, 0.15) is 5.01 Å². The summed E-state index contributed by atoms with van der Waals surface area (Å²) < 4.78 is 3.79. The lowest BCUT2D eigenvalue weighted by atomic mass is 10.1. The van der Waals surface area contributed by atoms with Crippen LogP contribution in [-0.2, 0) is 0 Å². The highest BCUT2D eigenvalue weighted by molar-refractivity contribution is 14.1. The van der Waals surface area contributed by atoms with Gasteiger partial charge in [-0.05, 0) is 58.2 Å². The Bertz CT molecular complexity index is 1610. The molecule has 1 aliphatic carbocycles. The summed E-state index contributed by atoms with van der Waals surface area (Å²) in [6.07, 6.45) is 1.72. The zero-order chi connectivity index (χ0) is 23.4. The van der Waals surface area contributed by atoms with Crippen LogP contribution in [0.2, 0.25) is 0 Å². The van der Waals surface area contributed by atoms with Gasteiger partial charge in [0.2, 0.25) is 0 Å². The molecule has 164 valence electrons. The van der Waals surface area contributed by atoms with E-state index < -0.39 is 0 Å². The van der Waals surface area contributed by atoms with Crippen molar-refractivity contribution in [3.8, 4) is 16.3 Å². The van der Waals surface area contributed by atoms with Crippen LogP contribution >= 0.6 is 43.2 Å². The predicted molar refractivity (Wildman–Crippen MR) is 150 cm³/mol. The highest BCUT2D eigenvalue weighted by Crippen LogP contribution is 2.36. The van der Waals surface area contributed by atoms with Crippen molar-refractivity contribution in [2.75, 3.05) is 0 Å². The van der Waals surface area contributed by atoms with Crippen LogP contribution in [0.1, 0.15) is 26.4 Å². The van der Waals surface area contributed by atoms with Crippen molar-refractivity contribution in [2.45, 2.75) is 0 Å². The molecule has 0 fully saturated rings. The molecule has 0 spiro atoms. The largest absolute Gasteiger partial charge is 0.294 e. The first-order chi connectivity index (χ1) is 16.5. The molecule has 2 heterocycles. The third-order valence-corrected chi connectivity index (χ3v) is 8.26. The molecule has 2 aromatic heterocycles. The van der Waals surface area contributed by atoms with Crippen LogP contribution in [0, 0.1) is 3.57 Å². The molecule has 0 radical (unpaired) electrons. The van der Waals surface area contributed by atoms with Gasteiger partial charge >= 0.3 is 0 Å². The monoisotopic (exact) mass is 590 g/mol. The Kier molecular flexibility index (Phi) is 5.32. The smallest absolute Gasteiger partial charge is 0.198 e. The summed E-state index contributed by atoms with van der Waals surface area (Å²) in [5.74, 6) is -0.457. The lowest BCUT2D eigenvalue weighted by molar-refractivity contribution is 0.0990. The van der Waals surface area contributed by atoms with E-state index in [1.165, 1.54) is 0 Å². The molecular formula is C27H16IN2O2PS. The normalized spacial score (nSPS) is 14.4. The Labute approximate surface area is 215 Å². The topological polar surface area (TPSA) is 52.0 Å². The lowest BCUT2D eigenvalue weighted by Gasteiger charge is -2.08. The predicted octanol–water partition coefficient (Wildman–Crippen LogP) is 6.32. The Hall–Kier alpha value is -2.93. The van der Waals surface area contributed by atoms with Gasteiger partial charge in [0.25, 0.3) is 0 Å². The van der Waals surface area contributed by atoms with E-state index >= 15 is 0 Å². The number of halogens is 1. The fraction of sp³-hybridized carbons (Fsp3) is 0. The molecule has 0 amide bonds. The van der Waals surface area contributed by atoms with Crippen molar-refractivity contribution in [3.05, 3.63) is 105 Å². The number of rotatable bonds is 3. The number of aromatic nitrogens is 2. The minimum absolute atomic E-state index is 0.188. The maximum Gasteiger partial charge on any atom is 0.198 e. The first kappa shape index (κ1) is 21.6. The highest BCUT2D eigenvalue weighted by atomic mass is 127. The van der Waals surface area contributed by atoms with Gasteiger partial charge in [0.05, 0.1) is 16.0 Å². The van der Waals surface area contributed by atoms with Crippen LogP contribution in [0.3, 0.4) is 0 Å². The van der Waals surface area contributed by atoms with E-state index in [-0.39, 0.29) is 17.1 Å². The summed E-state index contributed by atoms with van der Waals surface area (Å²) in [6.45, 7) is 0. The number of fused-ring (bicyclic) bond motifs is 2. The average Bonchev–Trinajstić information content (AvgIpc) is 3.49. The second-order valence-electron chi connectivity index (χ2n) is 7.92. The number of nitrogens with zero attached hydrogens (tertiary/aromatic N) is 2. The fourth-order valence-corrected chi connectivity index (χ4v) is 6.34. The van der Waals surface area contributed by atoms with Crippen molar-refractivity contribution in [1.29, 1.82) is 0 Å². The molecule has 5 aromatic rings. The van der Waals surface area contributed by atoms with Gasteiger partial charge in [-0.25, -0.2) is 4.98 Å². The maximum atomic E-state index is 13.3. The molecule has 0 N–H and O–H groups in total. The number of Topliss-reactive ketones (excluding diaryl/α,β-unsaturated/α-hetero) is 2. The SMILES string of the molecule is O=C1/C(=C\c2cc3sc(-c4ccccc4)nc3n2-c2ccccc2)C(=O)c2c(I)ccc(P)c21. The van der Waals surface area contributed by atoms with Gasteiger partial charge in [-0.3, -0.25) is 14.2 Å². The standard InChI is InChI=1S/C27H16IN2O2PS/c28-19-11-12-20(33)23-22(19)24(31)18(25(23)32)13-17-14-21-26(30(17)16-9-5-2-6-10-16)29-27(34-21)15-7-3-1-4-8-15/h1-14H,33H2/b18-13-. The van der Waals surface area contributed by atoms with Gasteiger partial charge in [0, 0.05) is 25.9 Å². The van der Waals surface area contributed by atoms with E-state index in [0.717, 1.165) is 41.2 Å². The number of carbonyl (C=O) groups excluding carboxylic acids is 2. The molecule has 6 rings (SSSR count). The Morgan fingerprint density at radius 1 is 0.882 bits per heavy atom. The first-order valence-electron chi connectivity index (χ1n) is 10.5. The third-order valence-electron chi connectivity index (χ3n) is 5.84. The van der Waals surface area contributed by atoms with Gasteiger partial charge in [0.15, 0.2) is 17.2 Å². The molecule has 1 aliphatic rings. The summed E-state index contributed by atoms with van der Waals surface area (Å²) >= 11 is 3.72. The molecule has 0 aliphatic heterocycles. The van der Waals surface area contributed by atoms with Gasteiger partial charge in [-0.2, -0.15) is 0 Å². The average molecular weight is 590 g/mol. The van der Waals surface area contributed by atoms with Crippen LogP contribution in [-0.4, -0.2) is 21.1 Å². The molecule has 1 unspecified atom stereocenters. The zero-order valence-electron chi connectivity index (χ0n) is 17.7. The highest BCUT2D eigenvalue weighted by Gasteiger charge is 2.36. The maximum absolute atomic E-state index is 13.3. The minimum atomic E-state index is -0.231. The molecule has 4 nitrogen and oxygen atoms in total. The second kappa shape index (κ2) is 8.38. The van der Waals surface area contributed by atoms with Crippen LogP contribution in [0.4, 0.5) is 0 Å². The van der Waals surface area contributed by atoms with Crippen LogP contribution in [0.15, 0.2) is 84.4 Å². The number of hydrogen-bond donors (Lipinski definition) is 0. The number of carbonyl (C=O) groups is 2. The number of ketones is 2. The molecule has 0 saturated carbocycles. The summed E-state index contributed by atoms with van der Waals surface area (Å²) in [5.41, 5.74) is 4.70. The molecule has 34 heavy (non-hydrogen) atoms. The van der Waals surface area contributed by atoms with Crippen molar-refractivity contribution in [2.24, 2.45) is 0 Å². The Morgan fingerprint density at radius 2 is 1.56 bits per heavy atom. The van der Waals surface area contributed by atoms with Gasteiger partial charge < -0.3 is 0 Å². The van der Waals surface area contributed by atoms with Crippen molar-refractivity contribution in [3.63, 3.8) is 0 Å². The zero-order valence-corrected chi connectivity index (χ0v) is 21.8. The van der Waals surface area contributed by atoms with E-state index in [9.17, 15) is 9.59 Å². The Morgan fingerprint density at radius 3 is 2.26 bits per heavy atom. The third kappa shape index (κ3) is 3.40. The molecule has 0 saturated heterocycles. The number of thiazole rings is 1. The van der Waals surface area contributed by atoms with Crippen LogP contribution in [0.25, 0.3) is 32.7 Å². The molecule has 3 aromatic carbocycles. The molecule has 0 bridgehead atoms. The van der Waals surface area contributed by atoms with Crippen molar-refractivity contribution < 1.29 is 9.59 Å². The van der Waals surface area contributed by atoms with E-state index in [2.05, 4.69) is 31.8 Å². The fourth-order valence-electron chi connectivity index (χ4n) is 4.27. The number of para-hydroxylation sites is 1. The first-order valence-corrected chi connectivity index (χ1v) is 13.0. The minimum Gasteiger partial charge on any atom is -0.294 e. The van der Waals surface area contributed by atoms with E-state index in [1.807, 2.05) is 83.4 Å². The quantitative estimate of drug-likeness (QED) is 0.107. The van der Waals surface area contributed by atoms with Crippen molar-refractivity contribution in [1.82, 2.24) is 9.55 Å². The summed E-state index contributed by atoms with van der Waals surface area (Å²) in [5, 5.41) is 1.67. The second-order valence-corrected chi connectivity index (χ2v) is 10.7. The van der Waals surface area contributed by atoms with Gasteiger partial charge in [-0.1, -0.05) is 54.6 Å². The number of allylic oxidation sites excluding steroid dienone is 1. The lowest BCUT2D eigenvalue weighted by Crippen LogP contribution is -2.08. The molecular weight excluding hydrogens is 574 g/mol. The van der Waals surface area contributed by atoms with E-state index in [1.54, 1.807) is 17.4 Å². The summed E-state index contributed by atoms with van der Waals surface area (Å²) in [4.78, 5) is 31.5. The van der Waals surface area contributed by atoms with E-state index in [4.69, 9.17) is 4.98 Å². The summed E-state index contributed by atoms with van der Waals surface area (Å²) in [6, 6.07) is 25.7. The Balaban J connectivity index is 1.55. The summed E-state index contributed by atoms with van der Waals surface area (Å²) in [7, 11) is 2.57. The van der Waals surface area contributed by atoms with E-state index in [0.29, 0.717) is 11.1 Å². The molecule has 7 heteroatoms. The number of benzene rings is 3. The van der Waals surface area contributed by atoms with Crippen LogP contribution < -0.4 is 5.30 Å². The van der Waals surface area contributed by atoms with Crippen molar-refractivity contribution >= 4 is 76.5 Å². The van der Waals surface area contributed by atoms with Crippen LogP contribution in [0.5, 0.6) is 0 Å². The number of hydrogen-bond acceptors (Lipinski definition) is 4. The molecule has 1 atom stereocenters. The van der Waals surface area contributed by atoms with Gasteiger partial charge in [-0.15, -0.1) is 20.6 Å².